The van der Waals surface area contributed by atoms with Gasteiger partial charge in [0.05, 0.1) is 34.4 Å². The minimum Gasteiger partial charge on any atom is -0.363 e. The predicted octanol–water partition coefficient (Wildman–Crippen LogP) is 3.10. The molecule has 11 heteroatoms. The zero-order chi connectivity index (χ0) is 22.2. The number of rotatable bonds is 4. The highest BCUT2D eigenvalue weighted by molar-refractivity contribution is 5.76. The molecular formula is C20H18F3N5O3. The summed E-state index contributed by atoms with van der Waals surface area (Å²) in [5.41, 5.74) is -1.01. The molecule has 0 amide bonds. The molecule has 1 fully saturated rings. The molecule has 3 aromatic rings. The van der Waals surface area contributed by atoms with Crippen molar-refractivity contribution in [1.29, 1.82) is 0 Å². The van der Waals surface area contributed by atoms with Crippen molar-refractivity contribution in [3.8, 4) is 0 Å². The van der Waals surface area contributed by atoms with Crippen molar-refractivity contribution >= 4 is 22.3 Å². The quantitative estimate of drug-likeness (QED) is 0.464. The fourth-order valence-electron chi connectivity index (χ4n) is 3.67. The summed E-state index contributed by atoms with van der Waals surface area (Å²) in [6.07, 6.45) is -3.17. The lowest BCUT2D eigenvalue weighted by Gasteiger charge is -2.35. The minimum atomic E-state index is -4.65. The van der Waals surface area contributed by atoms with E-state index in [1.54, 1.807) is 29.2 Å². The number of benzene rings is 2. The predicted molar refractivity (Wildman–Crippen MR) is 108 cm³/mol. The number of fused-ring (bicyclic) bond motifs is 1. The molecule has 0 bridgehead atoms. The Balaban J connectivity index is 1.49. The Morgan fingerprint density at radius 2 is 1.77 bits per heavy atom. The highest BCUT2D eigenvalue weighted by Crippen LogP contribution is 2.36. The number of hydrogen-bond donors (Lipinski definition) is 0. The number of hydrogen-bond acceptors (Lipinski definition) is 6. The zero-order valence-electron chi connectivity index (χ0n) is 16.2. The van der Waals surface area contributed by atoms with Gasteiger partial charge in [0.2, 0.25) is 0 Å². The Kier molecular flexibility index (Phi) is 5.36. The highest BCUT2D eigenvalue weighted by Gasteiger charge is 2.34. The molecule has 2 aromatic carbocycles. The van der Waals surface area contributed by atoms with Gasteiger partial charge in [-0.3, -0.25) is 24.4 Å². The van der Waals surface area contributed by atoms with Crippen LogP contribution in [0.5, 0.6) is 0 Å². The Hall–Kier alpha value is -3.47. The average Bonchev–Trinajstić information content (AvgIpc) is 2.75. The van der Waals surface area contributed by atoms with Crippen LogP contribution in [0.1, 0.15) is 5.56 Å². The smallest absolute Gasteiger partial charge is 0.363 e. The monoisotopic (exact) mass is 433 g/mol. The largest absolute Gasteiger partial charge is 0.416 e. The first-order chi connectivity index (χ1) is 14.7. The number of alkyl halides is 3. The normalized spacial score (nSPS) is 15.4. The fourth-order valence-corrected chi connectivity index (χ4v) is 3.67. The molecule has 1 aliphatic rings. The van der Waals surface area contributed by atoms with Crippen LogP contribution >= 0.6 is 0 Å². The molecule has 0 spiro atoms. The molecule has 0 unspecified atom stereocenters. The summed E-state index contributed by atoms with van der Waals surface area (Å²) >= 11 is 0. The van der Waals surface area contributed by atoms with Gasteiger partial charge in [-0.2, -0.15) is 13.2 Å². The molecule has 1 aliphatic heterocycles. The first kappa shape index (κ1) is 20.8. The van der Waals surface area contributed by atoms with Gasteiger partial charge in [0.15, 0.2) is 0 Å². The minimum absolute atomic E-state index is 0.155. The van der Waals surface area contributed by atoms with E-state index in [4.69, 9.17) is 0 Å². The number of halogens is 3. The lowest BCUT2D eigenvalue weighted by Crippen LogP contribution is -2.48. The van der Waals surface area contributed by atoms with Crippen LogP contribution in [0.15, 0.2) is 53.6 Å². The second-order valence-corrected chi connectivity index (χ2v) is 7.24. The fraction of sp³-hybridized carbons (Fsp3) is 0.300. The van der Waals surface area contributed by atoms with Crippen LogP contribution in [0, 0.1) is 10.1 Å². The number of nitro groups is 1. The summed E-state index contributed by atoms with van der Waals surface area (Å²) in [7, 11) is 0. The maximum atomic E-state index is 12.9. The Morgan fingerprint density at radius 3 is 2.45 bits per heavy atom. The summed E-state index contributed by atoms with van der Waals surface area (Å²) in [6, 6.07) is 9.62. The summed E-state index contributed by atoms with van der Waals surface area (Å²) in [4.78, 5) is 31.2. The van der Waals surface area contributed by atoms with E-state index in [0.29, 0.717) is 49.8 Å². The van der Waals surface area contributed by atoms with E-state index in [0.717, 1.165) is 12.1 Å². The van der Waals surface area contributed by atoms with Gasteiger partial charge in [-0.25, -0.2) is 4.98 Å². The third-order valence-corrected chi connectivity index (χ3v) is 5.30. The lowest BCUT2D eigenvalue weighted by molar-refractivity contribution is -0.384. The molecule has 4 rings (SSSR count). The van der Waals surface area contributed by atoms with Crippen molar-refractivity contribution in [2.75, 3.05) is 31.1 Å². The van der Waals surface area contributed by atoms with Crippen LogP contribution in [0.4, 0.5) is 24.5 Å². The van der Waals surface area contributed by atoms with Gasteiger partial charge in [0, 0.05) is 32.2 Å². The Bertz CT molecular complexity index is 1190. The van der Waals surface area contributed by atoms with Gasteiger partial charge in [0.1, 0.15) is 5.69 Å². The second kappa shape index (κ2) is 7.99. The molecule has 31 heavy (non-hydrogen) atoms. The van der Waals surface area contributed by atoms with E-state index in [9.17, 15) is 28.1 Å². The molecule has 0 N–H and O–H groups in total. The standard InChI is InChI=1S/C20H18F3N5O3/c21-20(22,23)14-5-6-17(18(11-14)28(30)31)26-9-7-25(8-10-26)13-27-12-24-16-4-2-1-3-15(16)19(27)29/h1-6,11-12H,7-10,13H2. The first-order valence-corrected chi connectivity index (χ1v) is 9.51. The van der Waals surface area contributed by atoms with Gasteiger partial charge >= 0.3 is 6.18 Å². The van der Waals surface area contributed by atoms with E-state index in [1.807, 2.05) is 4.90 Å². The van der Waals surface area contributed by atoms with E-state index in [2.05, 4.69) is 4.98 Å². The summed E-state index contributed by atoms with van der Waals surface area (Å²) < 4.78 is 40.3. The molecule has 0 radical (unpaired) electrons. The molecule has 0 saturated carbocycles. The summed E-state index contributed by atoms with van der Waals surface area (Å²) in [6.45, 7) is 2.03. The van der Waals surface area contributed by atoms with Crippen molar-refractivity contribution in [2.45, 2.75) is 12.8 Å². The molecule has 0 atom stereocenters. The van der Waals surface area contributed by atoms with Crippen LogP contribution in [0.25, 0.3) is 10.9 Å². The average molecular weight is 433 g/mol. The molecule has 162 valence electrons. The molecule has 8 nitrogen and oxygen atoms in total. The van der Waals surface area contributed by atoms with Crippen LogP contribution in [-0.2, 0) is 12.8 Å². The van der Waals surface area contributed by atoms with Crippen molar-refractivity contribution in [2.24, 2.45) is 0 Å². The van der Waals surface area contributed by atoms with Crippen molar-refractivity contribution in [1.82, 2.24) is 14.5 Å². The van der Waals surface area contributed by atoms with Crippen molar-refractivity contribution < 1.29 is 18.1 Å². The van der Waals surface area contributed by atoms with E-state index in [-0.39, 0.29) is 11.2 Å². The van der Waals surface area contributed by atoms with Crippen LogP contribution in [-0.4, -0.2) is 45.6 Å². The number of nitro benzene ring substituents is 1. The molecular weight excluding hydrogens is 415 g/mol. The van der Waals surface area contributed by atoms with E-state index < -0.39 is 22.4 Å². The third-order valence-electron chi connectivity index (χ3n) is 5.30. The van der Waals surface area contributed by atoms with Crippen LogP contribution in [0.3, 0.4) is 0 Å². The zero-order valence-corrected chi connectivity index (χ0v) is 16.2. The third kappa shape index (κ3) is 4.22. The maximum Gasteiger partial charge on any atom is 0.416 e. The SMILES string of the molecule is O=c1c2ccccc2ncn1CN1CCN(c2ccc(C(F)(F)F)cc2[N+](=O)[O-])CC1. The van der Waals surface area contributed by atoms with Crippen LogP contribution < -0.4 is 10.5 Å². The number of nitrogens with zero attached hydrogens (tertiary/aromatic N) is 5. The molecule has 1 saturated heterocycles. The van der Waals surface area contributed by atoms with Gasteiger partial charge in [-0.05, 0) is 24.3 Å². The molecule has 2 heterocycles. The Morgan fingerprint density at radius 1 is 1.06 bits per heavy atom. The second-order valence-electron chi connectivity index (χ2n) is 7.24. The van der Waals surface area contributed by atoms with Crippen molar-refractivity contribution in [3.63, 3.8) is 0 Å². The Labute approximate surface area is 174 Å². The van der Waals surface area contributed by atoms with E-state index in [1.165, 1.54) is 10.9 Å². The number of para-hydroxylation sites is 1. The van der Waals surface area contributed by atoms with Crippen molar-refractivity contribution in [3.05, 3.63) is 74.8 Å². The lowest BCUT2D eigenvalue weighted by atomic mass is 10.1. The van der Waals surface area contributed by atoms with Gasteiger partial charge in [-0.15, -0.1) is 0 Å². The molecule has 1 aromatic heterocycles. The van der Waals surface area contributed by atoms with Gasteiger partial charge in [-0.1, -0.05) is 12.1 Å². The number of anilines is 1. The summed E-state index contributed by atoms with van der Waals surface area (Å²) in [5, 5.41) is 11.9. The van der Waals surface area contributed by atoms with Gasteiger partial charge < -0.3 is 4.90 Å². The summed E-state index contributed by atoms with van der Waals surface area (Å²) in [5.74, 6) is 0. The first-order valence-electron chi connectivity index (χ1n) is 9.51. The van der Waals surface area contributed by atoms with E-state index >= 15 is 0 Å². The number of piperazine rings is 1. The topological polar surface area (TPSA) is 84.5 Å². The van der Waals surface area contributed by atoms with Crippen LogP contribution in [0.2, 0.25) is 0 Å². The number of aromatic nitrogens is 2. The highest BCUT2D eigenvalue weighted by atomic mass is 19.4. The van der Waals surface area contributed by atoms with Gasteiger partial charge in [0.25, 0.3) is 11.2 Å². The maximum absolute atomic E-state index is 12.9. The molecule has 0 aliphatic carbocycles.